The van der Waals surface area contributed by atoms with Crippen molar-refractivity contribution in [3.63, 3.8) is 0 Å². The monoisotopic (exact) mass is 481 g/mol. The number of halogens is 1. The second-order valence-corrected chi connectivity index (χ2v) is 10.1. The molecule has 1 aliphatic carbocycles. The molecule has 0 unspecified atom stereocenters. The molecule has 0 bridgehead atoms. The van der Waals surface area contributed by atoms with E-state index in [0.29, 0.717) is 36.5 Å². The fourth-order valence-corrected chi connectivity index (χ4v) is 5.61. The van der Waals surface area contributed by atoms with E-state index in [0.717, 1.165) is 30.6 Å². The lowest BCUT2D eigenvalue weighted by Crippen LogP contribution is -2.20. The van der Waals surface area contributed by atoms with Gasteiger partial charge in [0.15, 0.2) is 5.69 Å². The lowest BCUT2D eigenvalue weighted by atomic mass is 10.2. The summed E-state index contributed by atoms with van der Waals surface area (Å²) in [5.74, 6) is -0.354. The molecule has 1 amide bonds. The average molecular weight is 482 g/mol. The van der Waals surface area contributed by atoms with Gasteiger partial charge < -0.3 is 10.2 Å². The molecule has 2 aliphatic rings. The van der Waals surface area contributed by atoms with Crippen LogP contribution < -0.4 is 5.32 Å². The van der Waals surface area contributed by atoms with Crippen molar-refractivity contribution in [2.45, 2.75) is 37.0 Å². The van der Waals surface area contributed by atoms with E-state index in [1.54, 1.807) is 30.3 Å². The SMILES string of the molecule is CN1CCC/C1=N\S(=O)(=O)c1cccc(NC(=O)c2nn(-c3ccccc3F)c3c2CCC3)c1. The third-order valence-electron chi connectivity index (χ3n) is 6.18. The first kappa shape index (κ1) is 22.3. The number of anilines is 1. The highest BCUT2D eigenvalue weighted by Gasteiger charge is 2.28. The second kappa shape index (κ2) is 8.68. The Balaban J connectivity index is 1.43. The lowest BCUT2D eigenvalue weighted by molar-refractivity contribution is 0.102. The highest BCUT2D eigenvalue weighted by Crippen LogP contribution is 2.29. The maximum Gasteiger partial charge on any atom is 0.284 e. The fraction of sp³-hybridized carbons (Fsp3) is 0.292. The van der Waals surface area contributed by atoms with E-state index in [9.17, 15) is 17.6 Å². The van der Waals surface area contributed by atoms with Crippen LogP contribution in [0.3, 0.4) is 0 Å². The van der Waals surface area contributed by atoms with Gasteiger partial charge in [-0.2, -0.15) is 13.5 Å². The van der Waals surface area contributed by atoms with Crippen LogP contribution >= 0.6 is 0 Å². The summed E-state index contributed by atoms with van der Waals surface area (Å²) in [4.78, 5) is 15.0. The zero-order chi connectivity index (χ0) is 23.9. The van der Waals surface area contributed by atoms with E-state index in [2.05, 4.69) is 14.8 Å². The van der Waals surface area contributed by atoms with E-state index in [-0.39, 0.29) is 10.6 Å². The van der Waals surface area contributed by atoms with Crippen molar-refractivity contribution >= 4 is 27.5 Å². The summed E-state index contributed by atoms with van der Waals surface area (Å²) in [6.07, 6.45) is 3.70. The Kier molecular flexibility index (Phi) is 5.68. The van der Waals surface area contributed by atoms with Crippen molar-refractivity contribution < 1.29 is 17.6 Å². The lowest BCUT2D eigenvalue weighted by Gasteiger charge is -2.11. The Morgan fingerprint density at radius 2 is 1.91 bits per heavy atom. The van der Waals surface area contributed by atoms with Crippen LogP contribution in [-0.4, -0.2) is 48.4 Å². The Bertz CT molecular complexity index is 1410. The molecule has 2 aromatic carbocycles. The van der Waals surface area contributed by atoms with Crippen molar-refractivity contribution in [3.8, 4) is 5.69 Å². The molecule has 3 aromatic rings. The van der Waals surface area contributed by atoms with Gasteiger partial charge in [-0.15, -0.1) is 4.40 Å². The van der Waals surface area contributed by atoms with Crippen molar-refractivity contribution in [2.75, 3.05) is 18.9 Å². The molecule has 0 spiro atoms. The molecule has 8 nitrogen and oxygen atoms in total. The Labute approximate surface area is 197 Å². The maximum atomic E-state index is 14.4. The number of fused-ring (bicyclic) bond motifs is 1. The highest BCUT2D eigenvalue weighted by molar-refractivity contribution is 7.90. The molecule has 1 aliphatic heterocycles. The Hall–Kier alpha value is -3.53. The van der Waals surface area contributed by atoms with Crippen molar-refractivity contribution in [1.82, 2.24) is 14.7 Å². The standard InChI is InChI=1S/C24H24FN5O3S/c1-29-14-6-13-22(29)28-34(32,33)17-8-4-7-16(15-17)26-24(31)23-18-9-5-12-20(18)30(27-23)21-11-3-2-10-19(21)25/h2-4,7-8,10-11,15H,5-6,9,12-14H2,1H3,(H,26,31)/b28-22+. The number of carbonyl (C=O) groups is 1. The molecule has 176 valence electrons. The number of amides is 1. The van der Waals surface area contributed by atoms with Gasteiger partial charge >= 0.3 is 0 Å². The van der Waals surface area contributed by atoms with Crippen LogP contribution in [0.15, 0.2) is 57.8 Å². The first-order chi connectivity index (χ1) is 16.3. The molecule has 2 heterocycles. The van der Waals surface area contributed by atoms with Crippen LogP contribution in [0.4, 0.5) is 10.1 Å². The zero-order valence-corrected chi connectivity index (χ0v) is 19.5. The summed E-state index contributed by atoms with van der Waals surface area (Å²) < 4.78 is 45.5. The van der Waals surface area contributed by atoms with E-state index < -0.39 is 21.7 Å². The van der Waals surface area contributed by atoms with Crippen molar-refractivity contribution in [2.24, 2.45) is 4.40 Å². The fourth-order valence-electron chi connectivity index (χ4n) is 4.47. The smallest absolute Gasteiger partial charge is 0.284 e. The van der Waals surface area contributed by atoms with E-state index in [4.69, 9.17) is 0 Å². The number of amidine groups is 1. The summed E-state index contributed by atoms with van der Waals surface area (Å²) in [7, 11) is -2.10. The van der Waals surface area contributed by atoms with Gasteiger partial charge in [0.2, 0.25) is 0 Å². The van der Waals surface area contributed by atoms with Crippen LogP contribution in [0.1, 0.15) is 41.0 Å². The molecule has 1 fully saturated rings. The van der Waals surface area contributed by atoms with Gasteiger partial charge in [0.05, 0.1) is 4.90 Å². The molecule has 10 heteroatoms. The van der Waals surface area contributed by atoms with Crippen LogP contribution in [0.25, 0.3) is 5.69 Å². The Morgan fingerprint density at radius 1 is 1.09 bits per heavy atom. The molecule has 34 heavy (non-hydrogen) atoms. The summed E-state index contributed by atoms with van der Waals surface area (Å²) in [5, 5.41) is 7.18. The van der Waals surface area contributed by atoms with E-state index >= 15 is 0 Å². The van der Waals surface area contributed by atoms with Gasteiger partial charge in [-0.05, 0) is 56.0 Å². The van der Waals surface area contributed by atoms with Crippen LogP contribution in [0.5, 0.6) is 0 Å². The molecular formula is C24H24FN5O3S. The minimum absolute atomic E-state index is 0.000199. The number of nitrogens with zero attached hydrogens (tertiary/aromatic N) is 4. The molecule has 1 N–H and O–H groups in total. The summed E-state index contributed by atoms with van der Waals surface area (Å²) in [6.45, 7) is 0.772. The number of rotatable bonds is 5. The number of carbonyl (C=O) groups excluding carboxylic acids is 1. The third-order valence-corrected chi connectivity index (χ3v) is 7.48. The van der Waals surface area contributed by atoms with Crippen LogP contribution in [-0.2, 0) is 22.9 Å². The number of sulfonamides is 1. The number of hydrogen-bond acceptors (Lipinski definition) is 4. The Morgan fingerprint density at radius 3 is 2.68 bits per heavy atom. The topological polar surface area (TPSA) is 96.7 Å². The van der Waals surface area contributed by atoms with Gasteiger partial charge in [0.1, 0.15) is 17.3 Å². The number of nitrogens with one attached hydrogen (secondary N) is 1. The van der Waals surface area contributed by atoms with Gasteiger partial charge in [-0.3, -0.25) is 4.79 Å². The maximum absolute atomic E-state index is 14.4. The summed E-state index contributed by atoms with van der Waals surface area (Å²) >= 11 is 0. The predicted molar refractivity (Wildman–Crippen MR) is 126 cm³/mol. The molecule has 0 atom stereocenters. The second-order valence-electron chi connectivity index (χ2n) is 8.48. The molecule has 1 aromatic heterocycles. The van der Waals surface area contributed by atoms with Crippen molar-refractivity contribution in [3.05, 3.63) is 71.3 Å². The van der Waals surface area contributed by atoms with E-state index in [1.807, 2.05) is 11.9 Å². The number of hydrogen-bond donors (Lipinski definition) is 1. The molecule has 1 saturated heterocycles. The first-order valence-electron chi connectivity index (χ1n) is 11.2. The van der Waals surface area contributed by atoms with E-state index in [1.165, 1.54) is 22.9 Å². The number of likely N-dealkylation sites (tertiary alicyclic amines) is 1. The van der Waals surface area contributed by atoms with Crippen LogP contribution in [0, 0.1) is 5.82 Å². The molecular weight excluding hydrogens is 457 g/mol. The van der Waals surface area contributed by atoms with Gasteiger partial charge in [-0.25, -0.2) is 9.07 Å². The van der Waals surface area contributed by atoms with Crippen molar-refractivity contribution in [1.29, 1.82) is 0 Å². The highest BCUT2D eigenvalue weighted by atomic mass is 32.2. The summed E-state index contributed by atoms with van der Waals surface area (Å²) in [6, 6.07) is 12.3. The average Bonchev–Trinajstić information content (AvgIpc) is 3.52. The van der Waals surface area contributed by atoms with Gasteiger partial charge in [-0.1, -0.05) is 18.2 Å². The van der Waals surface area contributed by atoms with Gasteiger partial charge in [0, 0.05) is 37.0 Å². The number of aromatic nitrogens is 2. The number of benzene rings is 2. The molecule has 0 radical (unpaired) electrons. The number of para-hydroxylation sites is 1. The van der Waals surface area contributed by atoms with Gasteiger partial charge in [0.25, 0.3) is 15.9 Å². The third kappa shape index (κ3) is 4.09. The quantitative estimate of drug-likeness (QED) is 0.601. The largest absolute Gasteiger partial charge is 0.362 e. The zero-order valence-electron chi connectivity index (χ0n) is 18.7. The van der Waals surface area contributed by atoms with Crippen LogP contribution in [0.2, 0.25) is 0 Å². The minimum Gasteiger partial charge on any atom is -0.362 e. The normalized spacial score (nSPS) is 16.8. The first-order valence-corrected chi connectivity index (χ1v) is 12.6. The molecule has 5 rings (SSSR count). The minimum atomic E-state index is -3.91. The summed E-state index contributed by atoms with van der Waals surface area (Å²) in [5.41, 5.74) is 2.45. The molecule has 0 saturated carbocycles. The predicted octanol–water partition coefficient (Wildman–Crippen LogP) is 3.57.